The first-order chi connectivity index (χ1) is 15.8. The molecular formula is C24H21FN2O5S. The van der Waals surface area contributed by atoms with Crippen molar-refractivity contribution in [3.05, 3.63) is 77.7 Å². The van der Waals surface area contributed by atoms with Crippen LogP contribution in [0.4, 0.5) is 4.39 Å². The molecular weight excluding hydrogens is 447 g/mol. The molecule has 0 radical (unpaired) electrons. The Bertz CT molecular complexity index is 1340. The van der Waals surface area contributed by atoms with E-state index >= 15 is 0 Å². The largest absolute Gasteiger partial charge is 0.494 e. The molecule has 0 aliphatic heterocycles. The number of aromatic nitrogens is 1. The molecule has 33 heavy (non-hydrogen) atoms. The molecule has 0 saturated carbocycles. The molecule has 0 atom stereocenters. The SMILES string of the molecule is CCOC(=O)/C(C#N)=C/c1cc(-c2ccccc2F)n(S(=O)(=O)c2ccc(OCC)cc2)c1. The monoisotopic (exact) mass is 468 g/mol. The van der Waals surface area contributed by atoms with Crippen molar-refractivity contribution in [2.24, 2.45) is 0 Å². The fourth-order valence-electron chi connectivity index (χ4n) is 3.11. The molecule has 0 unspecified atom stereocenters. The normalized spacial score (nSPS) is 11.6. The van der Waals surface area contributed by atoms with Gasteiger partial charge in [-0.2, -0.15) is 5.26 Å². The van der Waals surface area contributed by atoms with E-state index in [2.05, 4.69) is 0 Å². The van der Waals surface area contributed by atoms with Crippen LogP contribution < -0.4 is 4.74 Å². The molecule has 0 spiro atoms. The van der Waals surface area contributed by atoms with Crippen LogP contribution in [0.3, 0.4) is 0 Å². The van der Waals surface area contributed by atoms with E-state index in [-0.39, 0.29) is 33.9 Å². The van der Waals surface area contributed by atoms with Crippen molar-refractivity contribution in [1.29, 1.82) is 5.26 Å². The fraction of sp³-hybridized carbons (Fsp3) is 0.167. The van der Waals surface area contributed by atoms with Gasteiger partial charge in [0.2, 0.25) is 0 Å². The average molecular weight is 469 g/mol. The highest BCUT2D eigenvalue weighted by molar-refractivity contribution is 7.90. The number of nitriles is 1. The molecule has 0 fully saturated rings. The van der Waals surface area contributed by atoms with Crippen LogP contribution in [-0.4, -0.2) is 31.6 Å². The average Bonchev–Trinajstić information content (AvgIpc) is 3.23. The van der Waals surface area contributed by atoms with E-state index in [1.807, 2.05) is 6.92 Å². The van der Waals surface area contributed by atoms with Crippen LogP contribution in [-0.2, 0) is 19.6 Å². The zero-order valence-corrected chi connectivity index (χ0v) is 18.8. The second-order valence-corrected chi connectivity index (χ2v) is 8.55. The van der Waals surface area contributed by atoms with Gasteiger partial charge in [-0.15, -0.1) is 0 Å². The van der Waals surface area contributed by atoms with Crippen molar-refractivity contribution < 1.29 is 27.1 Å². The maximum atomic E-state index is 14.6. The minimum atomic E-state index is -4.15. The molecule has 0 aliphatic carbocycles. The van der Waals surface area contributed by atoms with E-state index in [9.17, 15) is 22.9 Å². The summed E-state index contributed by atoms with van der Waals surface area (Å²) in [7, 11) is -4.15. The molecule has 170 valence electrons. The number of benzene rings is 2. The van der Waals surface area contributed by atoms with Crippen LogP contribution in [0.15, 0.2) is 71.3 Å². The van der Waals surface area contributed by atoms with Gasteiger partial charge in [-0.3, -0.25) is 0 Å². The summed E-state index contributed by atoms with van der Waals surface area (Å²) >= 11 is 0. The summed E-state index contributed by atoms with van der Waals surface area (Å²) in [5, 5.41) is 9.31. The van der Waals surface area contributed by atoms with Crippen molar-refractivity contribution in [1.82, 2.24) is 3.97 Å². The first kappa shape index (κ1) is 23.8. The van der Waals surface area contributed by atoms with Crippen molar-refractivity contribution >= 4 is 22.1 Å². The van der Waals surface area contributed by atoms with E-state index in [4.69, 9.17) is 9.47 Å². The summed E-state index contributed by atoms with van der Waals surface area (Å²) in [4.78, 5) is 11.9. The third kappa shape index (κ3) is 5.13. The van der Waals surface area contributed by atoms with Crippen molar-refractivity contribution in [3.8, 4) is 23.1 Å². The number of nitrogens with zero attached hydrogens (tertiary/aromatic N) is 2. The Labute approximate surface area is 191 Å². The van der Waals surface area contributed by atoms with Gasteiger partial charge in [-0.1, -0.05) is 12.1 Å². The van der Waals surface area contributed by atoms with Crippen LogP contribution in [0.25, 0.3) is 17.3 Å². The lowest BCUT2D eigenvalue weighted by Crippen LogP contribution is -2.13. The summed E-state index contributed by atoms with van der Waals surface area (Å²) in [6, 6.07) is 14.7. The number of esters is 1. The smallest absolute Gasteiger partial charge is 0.348 e. The third-order valence-electron chi connectivity index (χ3n) is 4.58. The highest BCUT2D eigenvalue weighted by Crippen LogP contribution is 2.30. The minimum absolute atomic E-state index is 0.0365. The molecule has 1 heterocycles. The Balaban J connectivity index is 2.18. The Morgan fingerprint density at radius 1 is 1.12 bits per heavy atom. The Hall–Kier alpha value is -3.90. The quantitative estimate of drug-likeness (QED) is 0.276. The van der Waals surface area contributed by atoms with E-state index in [1.165, 1.54) is 60.8 Å². The molecule has 0 aliphatic rings. The number of hydrogen-bond donors (Lipinski definition) is 0. The Kier molecular flexibility index (Phi) is 7.30. The van der Waals surface area contributed by atoms with Crippen molar-refractivity contribution in [2.75, 3.05) is 13.2 Å². The van der Waals surface area contributed by atoms with Gasteiger partial charge in [0, 0.05) is 11.8 Å². The third-order valence-corrected chi connectivity index (χ3v) is 6.26. The lowest BCUT2D eigenvalue weighted by atomic mass is 10.1. The van der Waals surface area contributed by atoms with Gasteiger partial charge in [0.1, 0.15) is 23.2 Å². The van der Waals surface area contributed by atoms with Gasteiger partial charge in [0.15, 0.2) is 0 Å². The highest BCUT2D eigenvalue weighted by Gasteiger charge is 2.23. The molecule has 3 aromatic rings. The summed E-state index contributed by atoms with van der Waals surface area (Å²) in [6.07, 6.45) is 2.43. The fourth-order valence-corrected chi connectivity index (χ4v) is 4.48. The maximum absolute atomic E-state index is 14.6. The number of rotatable bonds is 8. The lowest BCUT2D eigenvalue weighted by Gasteiger charge is -2.12. The maximum Gasteiger partial charge on any atom is 0.348 e. The molecule has 0 N–H and O–H groups in total. The van der Waals surface area contributed by atoms with Gasteiger partial charge in [0.05, 0.1) is 23.8 Å². The van der Waals surface area contributed by atoms with Crippen LogP contribution in [0.5, 0.6) is 5.75 Å². The second kappa shape index (κ2) is 10.1. The predicted octanol–water partition coefficient (Wildman–Crippen LogP) is 4.40. The first-order valence-corrected chi connectivity index (χ1v) is 11.5. The van der Waals surface area contributed by atoms with Gasteiger partial charge in [0.25, 0.3) is 10.0 Å². The molecule has 0 bridgehead atoms. The van der Waals surface area contributed by atoms with Gasteiger partial charge in [-0.05, 0) is 68.0 Å². The van der Waals surface area contributed by atoms with Crippen LogP contribution in [0.2, 0.25) is 0 Å². The first-order valence-electron chi connectivity index (χ1n) is 10.1. The predicted molar refractivity (Wildman–Crippen MR) is 120 cm³/mol. The van der Waals surface area contributed by atoms with Gasteiger partial charge >= 0.3 is 5.97 Å². The summed E-state index contributed by atoms with van der Waals surface area (Å²) in [5.41, 5.74) is -0.0180. The zero-order chi connectivity index (χ0) is 24.0. The second-order valence-electron chi connectivity index (χ2n) is 6.73. The number of carbonyl (C=O) groups is 1. The highest BCUT2D eigenvalue weighted by atomic mass is 32.2. The molecule has 7 nitrogen and oxygen atoms in total. The van der Waals surface area contributed by atoms with E-state index in [1.54, 1.807) is 19.1 Å². The number of carbonyl (C=O) groups excluding carboxylic acids is 1. The number of halogens is 1. The molecule has 0 saturated heterocycles. The molecule has 2 aromatic carbocycles. The van der Waals surface area contributed by atoms with E-state index in [0.717, 1.165) is 3.97 Å². The van der Waals surface area contributed by atoms with E-state index < -0.39 is 21.8 Å². The van der Waals surface area contributed by atoms with E-state index in [0.29, 0.717) is 12.4 Å². The van der Waals surface area contributed by atoms with Crippen molar-refractivity contribution in [3.63, 3.8) is 0 Å². The summed E-state index contributed by atoms with van der Waals surface area (Å²) in [6.45, 7) is 3.92. The minimum Gasteiger partial charge on any atom is -0.494 e. The molecule has 3 rings (SSSR count). The standard InChI is InChI=1S/C24H21FN2O5S/c1-3-31-19-9-11-20(12-10-19)33(29,30)27-16-17(13-18(15-26)24(28)32-4-2)14-23(27)21-7-5-6-8-22(21)25/h5-14,16H,3-4H2,1-2H3/b18-13+. The summed E-state index contributed by atoms with van der Waals surface area (Å²) < 4.78 is 52.6. The van der Waals surface area contributed by atoms with Crippen molar-refractivity contribution in [2.45, 2.75) is 18.7 Å². The van der Waals surface area contributed by atoms with Crippen LogP contribution in [0, 0.1) is 17.1 Å². The Morgan fingerprint density at radius 3 is 2.42 bits per heavy atom. The van der Waals surface area contributed by atoms with Crippen LogP contribution in [0.1, 0.15) is 19.4 Å². The lowest BCUT2D eigenvalue weighted by molar-refractivity contribution is -0.137. The van der Waals surface area contributed by atoms with Crippen LogP contribution >= 0.6 is 0 Å². The number of hydrogen-bond acceptors (Lipinski definition) is 6. The number of ether oxygens (including phenoxy) is 2. The zero-order valence-electron chi connectivity index (χ0n) is 18.0. The molecule has 1 aromatic heterocycles. The molecule has 0 amide bonds. The van der Waals surface area contributed by atoms with Gasteiger partial charge < -0.3 is 9.47 Å². The van der Waals surface area contributed by atoms with Gasteiger partial charge in [-0.25, -0.2) is 21.6 Å². The Morgan fingerprint density at radius 2 is 1.82 bits per heavy atom. The molecule has 9 heteroatoms. The summed E-state index contributed by atoms with van der Waals surface area (Å²) in [5.74, 6) is -0.954. The topological polar surface area (TPSA) is 98.4 Å².